The van der Waals surface area contributed by atoms with Gasteiger partial charge in [-0.05, 0) is 48.9 Å². The number of rotatable bonds is 8. The number of nitrogens with zero attached hydrogens (tertiary/aromatic N) is 1. The van der Waals surface area contributed by atoms with Crippen LogP contribution in [0.25, 0.3) is 0 Å². The minimum atomic E-state index is -0.774. The Bertz CT molecular complexity index is 898. The molecule has 0 radical (unpaired) electrons. The van der Waals surface area contributed by atoms with Gasteiger partial charge in [0.15, 0.2) is 0 Å². The molecule has 3 rings (SSSR count). The summed E-state index contributed by atoms with van der Waals surface area (Å²) in [6.07, 6.45) is 0.844. The summed E-state index contributed by atoms with van der Waals surface area (Å²) in [5, 5.41) is 16.1. The van der Waals surface area contributed by atoms with E-state index in [2.05, 4.69) is 15.6 Å². The number of carbonyl (C=O) groups excluding carboxylic acids is 1. The summed E-state index contributed by atoms with van der Waals surface area (Å²) in [7, 11) is 0. The number of aromatic nitrogens is 1. The van der Waals surface area contributed by atoms with E-state index in [1.54, 1.807) is 18.3 Å². The van der Waals surface area contributed by atoms with Gasteiger partial charge in [-0.15, -0.1) is 0 Å². The fourth-order valence-corrected chi connectivity index (χ4v) is 2.70. The fraction of sp³-hybridized carbons (Fsp3) is 0.182. The molecule has 28 heavy (non-hydrogen) atoms. The predicted molar refractivity (Wildman–Crippen MR) is 109 cm³/mol. The minimum Gasteiger partial charge on any atom is -0.494 e. The van der Waals surface area contributed by atoms with Gasteiger partial charge >= 0.3 is 0 Å². The molecule has 0 spiro atoms. The van der Waals surface area contributed by atoms with E-state index in [1.807, 2.05) is 61.5 Å². The molecule has 0 fully saturated rings. The third-order valence-electron chi connectivity index (χ3n) is 4.12. The Morgan fingerprint density at radius 3 is 2.54 bits per heavy atom. The lowest BCUT2D eigenvalue weighted by molar-refractivity contribution is 0.0917. The number of anilines is 2. The van der Waals surface area contributed by atoms with E-state index in [4.69, 9.17) is 4.74 Å². The van der Waals surface area contributed by atoms with Gasteiger partial charge in [-0.2, -0.15) is 0 Å². The second-order valence-electron chi connectivity index (χ2n) is 6.12. The van der Waals surface area contributed by atoms with Crippen LogP contribution in [0.5, 0.6) is 5.75 Å². The minimum absolute atomic E-state index is 0.111. The van der Waals surface area contributed by atoms with Crippen molar-refractivity contribution < 1.29 is 14.6 Å². The summed E-state index contributed by atoms with van der Waals surface area (Å²) in [6.45, 7) is 2.64. The molecule has 1 heterocycles. The second kappa shape index (κ2) is 9.53. The van der Waals surface area contributed by atoms with Crippen molar-refractivity contribution in [2.24, 2.45) is 0 Å². The van der Waals surface area contributed by atoms with Crippen molar-refractivity contribution in [2.75, 3.05) is 18.5 Å². The van der Waals surface area contributed by atoms with Crippen molar-refractivity contribution in [3.05, 3.63) is 84.1 Å². The van der Waals surface area contributed by atoms with Crippen molar-refractivity contribution >= 4 is 17.4 Å². The Kier molecular flexibility index (Phi) is 6.59. The number of aliphatic hydroxyl groups excluding tert-OH is 1. The monoisotopic (exact) mass is 377 g/mol. The molecule has 0 saturated carbocycles. The van der Waals surface area contributed by atoms with Crippen molar-refractivity contribution in [1.29, 1.82) is 0 Å². The summed E-state index contributed by atoms with van der Waals surface area (Å²) in [5.41, 5.74) is 1.94. The van der Waals surface area contributed by atoms with Crippen LogP contribution in [0.15, 0.2) is 72.9 Å². The first-order chi connectivity index (χ1) is 13.7. The van der Waals surface area contributed by atoms with Gasteiger partial charge in [0.05, 0.1) is 18.3 Å². The van der Waals surface area contributed by atoms with E-state index in [9.17, 15) is 9.90 Å². The standard InChI is InChI=1S/C22H23N3O3/c1-2-28-18-12-10-17(11-13-18)25-21-19(9-6-14-23-21)22(27)24-15-20(26)16-7-4-3-5-8-16/h3-14,20,26H,2,15H2,1H3,(H,23,25)(H,24,27). The molecule has 2 aromatic carbocycles. The molecule has 6 heteroatoms. The highest BCUT2D eigenvalue weighted by Crippen LogP contribution is 2.21. The van der Waals surface area contributed by atoms with Crippen LogP contribution in [0.2, 0.25) is 0 Å². The molecular formula is C22H23N3O3. The molecule has 1 aromatic heterocycles. The van der Waals surface area contributed by atoms with E-state index in [1.165, 1.54) is 0 Å². The van der Waals surface area contributed by atoms with E-state index in [-0.39, 0.29) is 12.5 Å². The molecule has 144 valence electrons. The van der Waals surface area contributed by atoms with Crippen LogP contribution in [-0.4, -0.2) is 29.1 Å². The first kappa shape index (κ1) is 19.4. The Hall–Kier alpha value is -3.38. The number of hydrogen-bond acceptors (Lipinski definition) is 5. The fourth-order valence-electron chi connectivity index (χ4n) is 2.70. The normalized spacial score (nSPS) is 11.5. The zero-order valence-electron chi connectivity index (χ0n) is 15.6. The van der Waals surface area contributed by atoms with Gasteiger partial charge in [0, 0.05) is 18.4 Å². The molecule has 0 bridgehead atoms. The summed E-state index contributed by atoms with van der Waals surface area (Å²) in [4.78, 5) is 16.9. The predicted octanol–water partition coefficient (Wildman–Crippen LogP) is 3.69. The van der Waals surface area contributed by atoms with Gasteiger partial charge in [-0.25, -0.2) is 4.98 Å². The molecule has 1 amide bonds. The van der Waals surface area contributed by atoms with E-state index in [0.29, 0.717) is 18.0 Å². The Morgan fingerprint density at radius 1 is 1.07 bits per heavy atom. The van der Waals surface area contributed by atoms with Gasteiger partial charge in [-0.1, -0.05) is 30.3 Å². The third kappa shape index (κ3) is 5.08. The van der Waals surface area contributed by atoms with Crippen LogP contribution in [0, 0.1) is 0 Å². The van der Waals surface area contributed by atoms with E-state index >= 15 is 0 Å². The highest BCUT2D eigenvalue weighted by Gasteiger charge is 2.15. The van der Waals surface area contributed by atoms with Gasteiger partial charge in [-0.3, -0.25) is 4.79 Å². The number of aliphatic hydroxyl groups is 1. The van der Waals surface area contributed by atoms with Crippen molar-refractivity contribution in [3.8, 4) is 5.75 Å². The lowest BCUT2D eigenvalue weighted by atomic mass is 10.1. The quantitative estimate of drug-likeness (QED) is 0.558. The summed E-state index contributed by atoms with van der Waals surface area (Å²) in [5.74, 6) is 0.914. The molecule has 1 unspecified atom stereocenters. The topological polar surface area (TPSA) is 83.5 Å². The molecular weight excluding hydrogens is 354 g/mol. The Balaban J connectivity index is 1.66. The maximum atomic E-state index is 12.6. The van der Waals surface area contributed by atoms with Crippen LogP contribution in [0.1, 0.15) is 28.9 Å². The molecule has 3 N–H and O–H groups in total. The summed E-state index contributed by atoms with van der Waals surface area (Å²) >= 11 is 0. The number of pyridine rings is 1. The second-order valence-corrected chi connectivity index (χ2v) is 6.12. The molecule has 6 nitrogen and oxygen atoms in total. The zero-order valence-corrected chi connectivity index (χ0v) is 15.6. The van der Waals surface area contributed by atoms with E-state index in [0.717, 1.165) is 17.0 Å². The number of amides is 1. The molecule has 0 saturated heterocycles. The molecule has 1 atom stereocenters. The Morgan fingerprint density at radius 2 is 1.82 bits per heavy atom. The zero-order chi connectivity index (χ0) is 19.8. The smallest absolute Gasteiger partial charge is 0.255 e. The van der Waals surface area contributed by atoms with Crippen molar-refractivity contribution in [3.63, 3.8) is 0 Å². The SMILES string of the molecule is CCOc1ccc(Nc2ncccc2C(=O)NCC(O)c2ccccc2)cc1. The molecule has 3 aromatic rings. The van der Waals surface area contributed by atoms with Crippen LogP contribution in [0.4, 0.5) is 11.5 Å². The van der Waals surface area contributed by atoms with Gasteiger partial charge in [0.1, 0.15) is 11.6 Å². The van der Waals surface area contributed by atoms with Crippen molar-refractivity contribution in [1.82, 2.24) is 10.3 Å². The van der Waals surface area contributed by atoms with Crippen LogP contribution in [-0.2, 0) is 0 Å². The maximum absolute atomic E-state index is 12.6. The highest BCUT2D eigenvalue weighted by molar-refractivity contribution is 5.99. The number of nitrogens with one attached hydrogen (secondary N) is 2. The number of ether oxygens (including phenoxy) is 1. The molecule has 0 aliphatic rings. The highest BCUT2D eigenvalue weighted by atomic mass is 16.5. The van der Waals surface area contributed by atoms with Gasteiger partial charge in [0.25, 0.3) is 5.91 Å². The van der Waals surface area contributed by atoms with E-state index < -0.39 is 6.10 Å². The molecule has 0 aliphatic carbocycles. The number of hydrogen-bond donors (Lipinski definition) is 3. The third-order valence-corrected chi connectivity index (χ3v) is 4.12. The summed E-state index contributed by atoms with van der Waals surface area (Å²) in [6, 6.07) is 20.0. The Labute approximate surface area is 164 Å². The van der Waals surface area contributed by atoms with Gasteiger partial charge < -0.3 is 20.5 Å². The number of carbonyl (C=O) groups is 1. The number of benzene rings is 2. The van der Waals surface area contributed by atoms with Crippen LogP contribution >= 0.6 is 0 Å². The van der Waals surface area contributed by atoms with Crippen molar-refractivity contribution in [2.45, 2.75) is 13.0 Å². The lowest BCUT2D eigenvalue weighted by Crippen LogP contribution is -2.29. The maximum Gasteiger partial charge on any atom is 0.255 e. The molecule has 0 aliphatic heterocycles. The van der Waals surface area contributed by atoms with Gasteiger partial charge in [0.2, 0.25) is 0 Å². The first-order valence-electron chi connectivity index (χ1n) is 9.13. The van der Waals surface area contributed by atoms with Crippen LogP contribution < -0.4 is 15.4 Å². The average molecular weight is 377 g/mol. The van der Waals surface area contributed by atoms with Crippen LogP contribution in [0.3, 0.4) is 0 Å². The lowest BCUT2D eigenvalue weighted by Gasteiger charge is -2.14. The average Bonchev–Trinajstić information content (AvgIpc) is 2.74. The summed E-state index contributed by atoms with van der Waals surface area (Å²) < 4.78 is 5.43. The first-order valence-corrected chi connectivity index (χ1v) is 9.13. The largest absolute Gasteiger partial charge is 0.494 e.